The van der Waals surface area contributed by atoms with Crippen LogP contribution in [0.4, 0.5) is 22.0 Å². The lowest BCUT2D eigenvalue weighted by atomic mass is 9.96. The van der Waals surface area contributed by atoms with E-state index < -0.39 is 35.9 Å². The van der Waals surface area contributed by atoms with Gasteiger partial charge in [-0.05, 0) is 31.0 Å². The number of aliphatic carboxylic acids is 1. The smallest absolute Gasteiger partial charge is 0.475 e. The minimum Gasteiger partial charge on any atom is -0.475 e. The Labute approximate surface area is 184 Å². The summed E-state index contributed by atoms with van der Waals surface area (Å²) in [5.41, 5.74) is 8.79. The quantitative estimate of drug-likeness (QED) is 0.572. The molecule has 0 bridgehead atoms. The Balaban J connectivity index is 0.000000383. The predicted molar refractivity (Wildman–Crippen MR) is 102 cm³/mol. The van der Waals surface area contributed by atoms with Crippen molar-refractivity contribution in [2.45, 2.75) is 50.3 Å². The topological polar surface area (TPSA) is 128 Å². The Morgan fingerprint density at radius 3 is 2.67 bits per heavy atom. The molecule has 1 aromatic heterocycles. The average Bonchev–Trinajstić information content (AvgIpc) is 3.26. The number of ether oxygens (including phenoxy) is 1. The monoisotopic (exact) mass is 473 g/mol. The first-order valence-corrected chi connectivity index (χ1v) is 9.83. The zero-order valence-electron chi connectivity index (χ0n) is 17.1. The fraction of sp³-hybridized carbons (Fsp3) is 0.450. The van der Waals surface area contributed by atoms with Gasteiger partial charge in [-0.1, -0.05) is 0 Å². The van der Waals surface area contributed by atoms with Crippen molar-refractivity contribution in [2.24, 2.45) is 5.73 Å². The third kappa shape index (κ3) is 5.65. The van der Waals surface area contributed by atoms with Crippen LogP contribution < -0.4 is 5.73 Å². The molecule has 8 nitrogen and oxygen atoms in total. The molecule has 0 aliphatic carbocycles. The first kappa shape index (κ1) is 24.6. The molecule has 33 heavy (non-hydrogen) atoms. The number of nitriles is 1. The summed E-state index contributed by atoms with van der Waals surface area (Å²) in [6.45, 7) is 1.71. The largest absolute Gasteiger partial charge is 0.490 e. The van der Waals surface area contributed by atoms with Crippen LogP contribution in [0.5, 0.6) is 0 Å². The van der Waals surface area contributed by atoms with Gasteiger partial charge < -0.3 is 15.6 Å². The molecular weight excluding hydrogens is 453 g/mol. The number of benzene rings is 1. The summed E-state index contributed by atoms with van der Waals surface area (Å²) in [5.74, 6) is -3.77. The number of nitrogens with one attached hydrogen (secondary N) is 1. The number of hydrogen-bond donors (Lipinski definition) is 3. The summed E-state index contributed by atoms with van der Waals surface area (Å²) in [7, 11) is 0. The van der Waals surface area contributed by atoms with Crippen molar-refractivity contribution < 1.29 is 36.6 Å². The Hall–Kier alpha value is -3.08. The second-order valence-electron chi connectivity index (χ2n) is 7.65. The van der Waals surface area contributed by atoms with Gasteiger partial charge in [0.1, 0.15) is 23.8 Å². The number of nitrogens with two attached hydrogens (primary N) is 1. The summed E-state index contributed by atoms with van der Waals surface area (Å²) in [4.78, 5) is 11.1. The van der Waals surface area contributed by atoms with Crippen LogP contribution in [-0.4, -0.2) is 51.0 Å². The molecule has 0 unspecified atom stereocenters. The number of carboxylic acid groups (broad SMARTS) is 1. The van der Waals surface area contributed by atoms with E-state index in [2.05, 4.69) is 21.2 Å². The molecule has 178 valence electrons. The number of carbonyl (C=O) groups is 1. The number of rotatable bonds is 2. The molecule has 0 saturated carbocycles. The van der Waals surface area contributed by atoms with E-state index in [1.807, 2.05) is 0 Å². The van der Waals surface area contributed by atoms with E-state index in [0.29, 0.717) is 31.8 Å². The molecule has 2 aliphatic rings. The molecule has 3 atom stereocenters. The van der Waals surface area contributed by atoms with Crippen LogP contribution in [0.1, 0.15) is 41.5 Å². The Morgan fingerprint density at radius 1 is 1.33 bits per heavy atom. The maximum absolute atomic E-state index is 14.1. The maximum atomic E-state index is 14.1. The summed E-state index contributed by atoms with van der Waals surface area (Å²) >= 11 is 0. The molecule has 1 aromatic carbocycles. The third-order valence-electron chi connectivity index (χ3n) is 5.49. The van der Waals surface area contributed by atoms with Gasteiger partial charge in [0.05, 0.1) is 5.69 Å². The summed E-state index contributed by atoms with van der Waals surface area (Å²) in [5, 5.41) is 23.2. The number of alkyl halides is 3. The van der Waals surface area contributed by atoms with Crippen LogP contribution in [0.15, 0.2) is 18.2 Å². The van der Waals surface area contributed by atoms with Crippen LogP contribution >= 0.6 is 0 Å². The van der Waals surface area contributed by atoms with Gasteiger partial charge in [-0.15, -0.1) is 0 Å². The van der Waals surface area contributed by atoms with Gasteiger partial charge >= 0.3 is 12.1 Å². The molecule has 0 spiro atoms. The Bertz CT molecular complexity index is 1050. The van der Waals surface area contributed by atoms with E-state index in [9.17, 15) is 22.0 Å². The zero-order valence-corrected chi connectivity index (χ0v) is 17.1. The number of aromatic nitrogens is 2. The van der Waals surface area contributed by atoms with Crippen molar-refractivity contribution in [3.05, 3.63) is 52.3 Å². The highest BCUT2D eigenvalue weighted by atomic mass is 19.4. The van der Waals surface area contributed by atoms with Gasteiger partial charge in [-0.3, -0.25) is 10.00 Å². The molecule has 0 amide bonds. The molecule has 3 heterocycles. The lowest BCUT2D eigenvalue weighted by Crippen LogP contribution is -2.38. The number of aromatic amines is 1. The zero-order chi connectivity index (χ0) is 24.3. The van der Waals surface area contributed by atoms with E-state index in [4.69, 9.17) is 25.6 Å². The van der Waals surface area contributed by atoms with Gasteiger partial charge in [-0.25, -0.2) is 13.6 Å². The van der Waals surface area contributed by atoms with Crippen molar-refractivity contribution in [1.29, 1.82) is 5.26 Å². The summed E-state index contributed by atoms with van der Waals surface area (Å²) in [6.07, 6.45) is -4.42. The number of fused-ring (bicyclic) bond motifs is 1. The molecule has 2 aromatic rings. The highest BCUT2D eigenvalue weighted by Crippen LogP contribution is 2.34. The number of H-pyrrole nitrogens is 1. The molecule has 0 radical (unpaired) electrons. The van der Waals surface area contributed by atoms with Crippen molar-refractivity contribution in [3.63, 3.8) is 0 Å². The summed E-state index contributed by atoms with van der Waals surface area (Å²) in [6, 6.07) is 5.13. The molecule has 1 saturated heterocycles. The Morgan fingerprint density at radius 2 is 2.03 bits per heavy atom. The Kier molecular flexibility index (Phi) is 7.31. The van der Waals surface area contributed by atoms with E-state index in [1.165, 1.54) is 0 Å². The van der Waals surface area contributed by atoms with Crippen molar-refractivity contribution >= 4 is 5.97 Å². The van der Waals surface area contributed by atoms with Gasteiger partial charge in [0.15, 0.2) is 5.69 Å². The standard InChI is InChI=1S/C18H19F2N5O.C2HF3O2/c19-10-1-2-14(20)12(5-10)18-15(22)6-11(3-4-26-18)25-8-13-16(7-21)23-24-17(13)9-25;3-2(4,5)1(6)7/h1-2,5,11,15,18H,3-4,6,8-9,22H2,(H,23,24);(H,6,7)/t11-,15+,18-;/m1./s1. The normalized spacial score (nSPS) is 23.1. The first-order valence-electron chi connectivity index (χ1n) is 9.83. The van der Waals surface area contributed by atoms with Crippen molar-refractivity contribution in [1.82, 2.24) is 15.1 Å². The van der Waals surface area contributed by atoms with Gasteiger partial charge in [0.25, 0.3) is 0 Å². The second kappa shape index (κ2) is 9.82. The number of hydrogen-bond acceptors (Lipinski definition) is 6. The minimum absolute atomic E-state index is 0.138. The summed E-state index contributed by atoms with van der Waals surface area (Å²) < 4.78 is 65.2. The molecule has 2 aliphatic heterocycles. The maximum Gasteiger partial charge on any atom is 0.490 e. The van der Waals surface area contributed by atoms with E-state index >= 15 is 0 Å². The average molecular weight is 473 g/mol. The fourth-order valence-electron chi connectivity index (χ4n) is 3.91. The highest BCUT2D eigenvalue weighted by Gasteiger charge is 2.38. The van der Waals surface area contributed by atoms with Crippen LogP contribution in [0.2, 0.25) is 0 Å². The second-order valence-corrected chi connectivity index (χ2v) is 7.65. The molecule has 1 fully saturated rings. The van der Waals surface area contributed by atoms with E-state index in [1.54, 1.807) is 0 Å². The van der Waals surface area contributed by atoms with Gasteiger partial charge in [0, 0.05) is 42.9 Å². The minimum atomic E-state index is -5.08. The predicted octanol–water partition coefficient (Wildman–Crippen LogP) is 2.76. The van der Waals surface area contributed by atoms with E-state index in [-0.39, 0.29) is 11.6 Å². The molecule has 4 rings (SSSR count). The van der Waals surface area contributed by atoms with Crippen LogP contribution in [0.3, 0.4) is 0 Å². The van der Waals surface area contributed by atoms with Crippen molar-refractivity contribution in [2.75, 3.05) is 6.61 Å². The first-order chi connectivity index (χ1) is 15.5. The molecule has 13 heteroatoms. The van der Waals surface area contributed by atoms with Gasteiger partial charge in [-0.2, -0.15) is 23.5 Å². The number of nitrogens with zero attached hydrogens (tertiary/aromatic N) is 3. The van der Waals surface area contributed by atoms with E-state index in [0.717, 1.165) is 35.9 Å². The fourth-order valence-corrected chi connectivity index (χ4v) is 3.91. The van der Waals surface area contributed by atoms with Crippen molar-refractivity contribution in [3.8, 4) is 6.07 Å². The van der Waals surface area contributed by atoms with Crippen LogP contribution in [0.25, 0.3) is 0 Å². The number of carboxylic acids is 1. The SMILES string of the molecule is N#Cc1n[nH]c2c1CN([C@@H]1CCO[C@H](c3cc(F)ccc3F)[C@@H](N)C1)C2.O=C(O)C(F)(F)F. The van der Waals surface area contributed by atoms with Crippen LogP contribution in [0, 0.1) is 23.0 Å². The molecular formula is C20H20F5N5O3. The van der Waals surface area contributed by atoms with Gasteiger partial charge in [0.2, 0.25) is 0 Å². The van der Waals surface area contributed by atoms with Crippen LogP contribution in [-0.2, 0) is 22.6 Å². The highest BCUT2D eigenvalue weighted by molar-refractivity contribution is 5.73. The lowest BCUT2D eigenvalue weighted by molar-refractivity contribution is -0.192. The number of halogens is 5. The third-order valence-corrected chi connectivity index (χ3v) is 5.49. The molecule has 4 N–H and O–H groups in total. The lowest BCUT2D eigenvalue weighted by Gasteiger charge is -2.28.